The molecule has 20 heavy (non-hydrogen) atoms. The normalized spacial score (nSPS) is 22.7. The maximum Gasteiger partial charge on any atom is 0.254 e. The van der Waals surface area contributed by atoms with Crippen LogP contribution < -0.4 is 5.32 Å². The number of anilines is 1. The van der Waals surface area contributed by atoms with Crippen molar-refractivity contribution < 1.29 is 4.79 Å². The van der Waals surface area contributed by atoms with Crippen molar-refractivity contribution in [2.24, 2.45) is 0 Å². The molecule has 2 heterocycles. The van der Waals surface area contributed by atoms with E-state index in [1.165, 1.54) is 6.42 Å². The fourth-order valence-electron chi connectivity index (χ4n) is 3.03. The fourth-order valence-corrected chi connectivity index (χ4v) is 3.03. The minimum absolute atomic E-state index is 0.134. The van der Waals surface area contributed by atoms with Crippen LogP contribution in [0, 0.1) is 6.92 Å². The second kappa shape index (κ2) is 6.25. The zero-order valence-electron chi connectivity index (χ0n) is 12.9. The largest absolute Gasteiger partial charge is 0.370 e. The smallest absolute Gasteiger partial charge is 0.254 e. The van der Waals surface area contributed by atoms with Crippen molar-refractivity contribution in [3.63, 3.8) is 0 Å². The molecule has 0 saturated carbocycles. The Balaban J connectivity index is 2.27. The van der Waals surface area contributed by atoms with E-state index in [1.807, 2.05) is 30.9 Å². The van der Waals surface area contributed by atoms with Crippen molar-refractivity contribution in [3.05, 3.63) is 23.4 Å². The molecule has 0 spiro atoms. The molecule has 2 atom stereocenters. The molecular weight excluding hydrogens is 250 g/mol. The van der Waals surface area contributed by atoms with Gasteiger partial charge in [0.15, 0.2) is 0 Å². The third-order valence-corrected chi connectivity index (χ3v) is 3.99. The summed E-state index contributed by atoms with van der Waals surface area (Å²) in [7, 11) is 0. The standard InChI is InChI=1S/C16H25N3O/c1-5-17-15-10-14(9-11(2)18-15)16(20)19-12(3)7-6-8-13(19)4/h9-10,12-13H,5-8H2,1-4H3,(H,17,18). The Morgan fingerprint density at radius 1 is 1.35 bits per heavy atom. The van der Waals surface area contributed by atoms with E-state index < -0.39 is 0 Å². The summed E-state index contributed by atoms with van der Waals surface area (Å²) < 4.78 is 0. The van der Waals surface area contributed by atoms with E-state index in [0.29, 0.717) is 12.1 Å². The Bertz CT molecular complexity index is 477. The van der Waals surface area contributed by atoms with Crippen molar-refractivity contribution in [1.82, 2.24) is 9.88 Å². The van der Waals surface area contributed by atoms with Gasteiger partial charge in [0, 0.05) is 29.9 Å². The van der Waals surface area contributed by atoms with Gasteiger partial charge < -0.3 is 10.2 Å². The molecular formula is C16H25N3O. The number of carbonyl (C=O) groups excluding carboxylic acids is 1. The number of piperidine rings is 1. The number of pyridine rings is 1. The van der Waals surface area contributed by atoms with Crippen molar-refractivity contribution in [2.45, 2.75) is 59.0 Å². The molecule has 2 unspecified atom stereocenters. The summed E-state index contributed by atoms with van der Waals surface area (Å²) in [5, 5.41) is 3.19. The number of aromatic nitrogens is 1. The Morgan fingerprint density at radius 2 is 2.00 bits per heavy atom. The molecule has 1 aliphatic rings. The van der Waals surface area contributed by atoms with Crippen LogP contribution in [-0.2, 0) is 0 Å². The van der Waals surface area contributed by atoms with Crippen LogP contribution in [0.25, 0.3) is 0 Å². The average molecular weight is 275 g/mol. The van der Waals surface area contributed by atoms with Gasteiger partial charge in [0.05, 0.1) is 0 Å². The van der Waals surface area contributed by atoms with Gasteiger partial charge in [0.2, 0.25) is 0 Å². The van der Waals surface area contributed by atoms with E-state index in [0.717, 1.165) is 36.5 Å². The van der Waals surface area contributed by atoms with Gasteiger partial charge in [-0.2, -0.15) is 0 Å². The van der Waals surface area contributed by atoms with Gasteiger partial charge in [-0.05, 0) is 59.1 Å². The summed E-state index contributed by atoms with van der Waals surface area (Å²) in [5.74, 6) is 0.919. The second-order valence-electron chi connectivity index (χ2n) is 5.75. The van der Waals surface area contributed by atoms with E-state index in [1.54, 1.807) is 0 Å². The van der Waals surface area contributed by atoms with E-state index in [2.05, 4.69) is 24.1 Å². The first-order valence-corrected chi connectivity index (χ1v) is 7.58. The quantitative estimate of drug-likeness (QED) is 0.921. The highest BCUT2D eigenvalue weighted by atomic mass is 16.2. The lowest BCUT2D eigenvalue weighted by atomic mass is 9.96. The summed E-state index contributed by atoms with van der Waals surface area (Å²) in [4.78, 5) is 19.2. The molecule has 1 aromatic heterocycles. The van der Waals surface area contributed by atoms with Gasteiger partial charge in [-0.15, -0.1) is 0 Å². The summed E-state index contributed by atoms with van der Waals surface area (Å²) >= 11 is 0. The lowest BCUT2D eigenvalue weighted by Gasteiger charge is -2.39. The van der Waals surface area contributed by atoms with Crippen LogP contribution in [0.1, 0.15) is 56.1 Å². The van der Waals surface area contributed by atoms with Gasteiger partial charge in [-0.25, -0.2) is 4.98 Å². The van der Waals surface area contributed by atoms with Gasteiger partial charge in [-0.1, -0.05) is 0 Å². The number of likely N-dealkylation sites (tertiary alicyclic amines) is 1. The van der Waals surface area contributed by atoms with Crippen molar-refractivity contribution >= 4 is 11.7 Å². The number of nitrogens with one attached hydrogen (secondary N) is 1. The molecule has 2 rings (SSSR count). The Labute approximate surface area is 121 Å². The third-order valence-electron chi connectivity index (χ3n) is 3.99. The van der Waals surface area contributed by atoms with Crippen molar-refractivity contribution in [2.75, 3.05) is 11.9 Å². The van der Waals surface area contributed by atoms with Gasteiger partial charge in [0.25, 0.3) is 5.91 Å². The van der Waals surface area contributed by atoms with Crippen LogP contribution in [-0.4, -0.2) is 34.4 Å². The number of aryl methyl sites for hydroxylation is 1. The van der Waals surface area contributed by atoms with Crippen LogP contribution in [0.5, 0.6) is 0 Å². The summed E-state index contributed by atoms with van der Waals surface area (Å²) in [5.41, 5.74) is 1.62. The van der Waals surface area contributed by atoms with Gasteiger partial charge >= 0.3 is 0 Å². The topological polar surface area (TPSA) is 45.2 Å². The van der Waals surface area contributed by atoms with Gasteiger partial charge in [-0.3, -0.25) is 4.79 Å². The first-order chi connectivity index (χ1) is 9.52. The highest BCUT2D eigenvalue weighted by Crippen LogP contribution is 2.25. The predicted octanol–water partition coefficient (Wildman–Crippen LogP) is 3.22. The summed E-state index contributed by atoms with van der Waals surface area (Å²) in [6, 6.07) is 4.40. The van der Waals surface area contributed by atoms with Gasteiger partial charge in [0.1, 0.15) is 5.82 Å². The molecule has 0 aliphatic carbocycles. The summed E-state index contributed by atoms with van der Waals surface area (Å²) in [6.45, 7) is 9.06. The molecule has 0 bridgehead atoms. The SMILES string of the molecule is CCNc1cc(C(=O)N2C(C)CCCC2C)cc(C)n1. The highest BCUT2D eigenvalue weighted by Gasteiger charge is 2.29. The van der Waals surface area contributed by atoms with Crippen LogP contribution >= 0.6 is 0 Å². The lowest BCUT2D eigenvalue weighted by molar-refractivity contribution is 0.0510. The Morgan fingerprint density at radius 3 is 2.60 bits per heavy atom. The molecule has 0 aromatic carbocycles. The molecule has 4 nitrogen and oxygen atoms in total. The Hall–Kier alpha value is -1.58. The molecule has 1 fully saturated rings. The van der Waals surface area contributed by atoms with Crippen molar-refractivity contribution in [1.29, 1.82) is 0 Å². The number of amides is 1. The molecule has 1 saturated heterocycles. The number of carbonyl (C=O) groups is 1. The lowest BCUT2D eigenvalue weighted by Crippen LogP contribution is -2.47. The number of rotatable bonds is 3. The molecule has 1 aliphatic heterocycles. The van der Waals surface area contributed by atoms with Crippen LogP contribution in [0.2, 0.25) is 0 Å². The average Bonchev–Trinajstić information content (AvgIpc) is 2.38. The molecule has 0 radical (unpaired) electrons. The molecule has 1 aromatic rings. The van der Waals surface area contributed by atoms with E-state index in [9.17, 15) is 4.79 Å². The Kier molecular flexibility index (Phi) is 4.63. The number of hydrogen-bond acceptors (Lipinski definition) is 3. The second-order valence-corrected chi connectivity index (χ2v) is 5.75. The van der Waals surface area contributed by atoms with Crippen LogP contribution in [0.3, 0.4) is 0 Å². The molecule has 1 N–H and O–H groups in total. The van der Waals surface area contributed by atoms with Crippen LogP contribution in [0.4, 0.5) is 5.82 Å². The summed E-state index contributed by atoms with van der Waals surface area (Å²) in [6.07, 6.45) is 3.41. The minimum atomic E-state index is 0.134. The van der Waals surface area contributed by atoms with E-state index >= 15 is 0 Å². The third kappa shape index (κ3) is 3.11. The van der Waals surface area contributed by atoms with E-state index in [-0.39, 0.29) is 5.91 Å². The maximum absolute atomic E-state index is 12.8. The maximum atomic E-state index is 12.8. The van der Waals surface area contributed by atoms with Crippen molar-refractivity contribution in [3.8, 4) is 0 Å². The fraction of sp³-hybridized carbons (Fsp3) is 0.625. The zero-order chi connectivity index (χ0) is 14.7. The van der Waals surface area contributed by atoms with Crippen LogP contribution in [0.15, 0.2) is 12.1 Å². The first kappa shape index (κ1) is 14.8. The molecule has 110 valence electrons. The number of nitrogens with zero attached hydrogens (tertiary/aromatic N) is 2. The first-order valence-electron chi connectivity index (χ1n) is 7.58. The zero-order valence-corrected chi connectivity index (χ0v) is 12.9. The number of hydrogen-bond donors (Lipinski definition) is 1. The predicted molar refractivity (Wildman–Crippen MR) is 82.1 cm³/mol. The van der Waals surface area contributed by atoms with E-state index in [4.69, 9.17) is 0 Å². The minimum Gasteiger partial charge on any atom is -0.370 e. The molecule has 1 amide bonds. The highest BCUT2D eigenvalue weighted by molar-refractivity contribution is 5.95. The molecule has 4 heteroatoms. The monoisotopic (exact) mass is 275 g/mol.